The van der Waals surface area contributed by atoms with Crippen molar-refractivity contribution < 1.29 is 19.5 Å². The molecule has 0 spiro atoms. The van der Waals surface area contributed by atoms with Gasteiger partial charge in [-0.05, 0) is 26.8 Å². The van der Waals surface area contributed by atoms with Crippen LogP contribution in [0.3, 0.4) is 0 Å². The molecule has 7 heteroatoms. The molecule has 0 aromatic rings. The number of carboxylic acids is 1. The van der Waals surface area contributed by atoms with Gasteiger partial charge >= 0.3 is 12.0 Å². The molecule has 0 aliphatic carbocycles. The van der Waals surface area contributed by atoms with Gasteiger partial charge in [-0.2, -0.15) is 0 Å². The van der Waals surface area contributed by atoms with Gasteiger partial charge in [-0.3, -0.25) is 19.8 Å². The van der Waals surface area contributed by atoms with Crippen LogP contribution in [0.1, 0.15) is 20.3 Å². The lowest BCUT2D eigenvalue weighted by atomic mass is 10.1. The van der Waals surface area contributed by atoms with E-state index in [0.717, 1.165) is 0 Å². The van der Waals surface area contributed by atoms with E-state index < -0.39 is 23.8 Å². The first-order chi connectivity index (χ1) is 8.38. The summed E-state index contributed by atoms with van der Waals surface area (Å²) in [6.45, 7) is 4.56. The number of amides is 3. The maximum Gasteiger partial charge on any atom is 0.321 e. The highest BCUT2D eigenvalue weighted by Crippen LogP contribution is 2.15. The molecule has 7 nitrogen and oxygen atoms in total. The third-order valence-electron chi connectivity index (χ3n) is 2.66. The standard InChI is InChI=1S/C11H19N3O4/c1-7(2)12-11(18)13-9(15)6-14-4-3-8(5-14)10(16)17/h7-8H,3-6H2,1-2H3,(H,16,17)(H2,12,13,15,18). The number of aliphatic carboxylic acids is 1. The molecule has 1 rings (SSSR count). The van der Waals surface area contributed by atoms with Gasteiger partial charge in [-0.25, -0.2) is 4.79 Å². The Balaban J connectivity index is 2.29. The van der Waals surface area contributed by atoms with E-state index in [1.54, 1.807) is 18.7 Å². The van der Waals surface area contributed by atoms with Gasteiger partial charge in [-0.15, -0.1) is 0 Å². The molecule has 1 heterocycles. The predicted octanol–water partition coefficient (Wildman–Crippen LogP) is -0.373. The molecule has 0 aromatic heterocycles. The summed E-state index contributed by atoms with van der Waals surface area (Å²) < 4.78 is 0. The van der Waals surface area contributed by atoms with Crippen LogP contribution in [0.4, 0.5) is 4.79 Å². The fraction of sp³-hybridized carbons (Fsp3) is 0.727. The van der Waals surface area contributed by atoms with E-state index in [-0.39, 0.29) is 12.6 Å². The lowest BCUT2D eigenvalue weighted by Gasteiger charge is -2.15. The predicted molar refractivity (Wildman–Crippen MR) is 64.0 cm³/mol. The van der Waals surface area contributed by atoms with Gasteiger partial charge in [0, 0.05) is 12.6 Å². The molecule has 1 aliphatic rings. The smallest absolute Gasteiger partial charge is 0.321 e. The van der Waals surface area contributed by atoms with Crippen molar-refractivity contribution in [2.45, 2.75) is 26.3 Å². The first-order valence-corrected chi connectivity index (χ1v) is 5.94. The third kappa shape index (κ3) is 4.70. The maximum absolute atomic E-state index is 11.5. The average Bonchev–Trinajstić information content (AvgIpc) is 2.63. The van der Waals surface area contributed by atoms with Crippen molar-refractivity contribution in [1.29, 1.82) is 0 Å². The second kappa shape index (κ2) is 6.34. The van der Waals surface area contributed by atoms with Crippen LogP contribution in [-0.4, -0.2) is 53.6 Å². The summed E-state index contributed by atoms with van der Waals surface area (Å²) >= 11 is 0. The Morgan fingerprint density at radius 1 is 1.39 bits per heavy atom. The second-order valence-electron chi connectivity index (χ2n) is 4.74. The molecule has 0 aromatic carbocycles. The third-order valence-corrected chi connectivity index (χ3v) is 2.66. The number of hydrogen-bond donors (Lipinski definition) is 3. The molecule has 0 radical (unpaired) electrons. The van der Waals surface area contributed by atoms with Crippen molar-refractivity contribution in [3.05, 3.63) is 0 Å². The molecule has 18 heavy (non-hydrogen) atoms. The van der Waals surface area contributed by atoms with Crippen molar-refractivity contribution in [3.8, 4) is 0 Å². The molecular formula is C11H19N3O4. The minimum Gasteiger partial charge on any atom is -0.481 e. The monoisotopic (exact) mass is 257 g/mol. The summed E-state index contributed by atoms with van der Waals surface area (Å²) in [6, 6.07) is -0.565. The zero-order valence-corrected chi connectivity index (χ0v) is 10.6. The normalized spacial score (nSPS) is 19.8. The number of rotatable bonds is 4. The molecule has 1 aliphatic heterocycles. The number of likely N-dealkylation sites (tertiary alicyclic amines) is 1. The molecular weight excluding hydrogens is 238 g/mol. The van der Waals surface area contributed by atoms with Crippen LogP contribution in [0, 0.1) is 5.92 Å². The van der Waals surface area contributed by atoms with Crippen LogP contribution >= 0.6 is 0 Å². The number of nitrogens with zero attached hydrogens (tertiary/aromatic N) is 1. The fourth-order valence-corrected chi connectivity index (χ4v) is 1.85. The topological polar surface area (TPSA) is 98.7 Å². The molecule has 1 unspecified atom stereocenters. The van der Waals surface area contributed by atoms with Gasteiger partial charge in [0.1, 0.15) is 0 Å². The van der Waals surface area contributed by atoms with Crippen LogP contribution < -0.4 is 10.6 Å². The van der Waals surface area contributed by atoms with E-state index >= 15 is 0 Å². The van der Waals surface area contributed by atoms with Crippen molar-refractivity contribution in [2.24, 2.45) is 5.92 Å². The Hall–Kier alpha value is -1.63. The van der Waals surface area contributed by atoms with Crippen LogP contribution in [0.5, 0.6) is 0 Å². The SMILES string of the molecule is CC(C)NC(=O)NC(=O)CN1CCC(C(=O)O)C1. The van der Waals surface area contributed by atoms with E-state index in [9.17, 15) is 14.4 Å². The zero-order valence-electron chi connectivity index (χ0n) is 10.6. The van der Waals surface area contributed by atoms with Gasteiger partial charge in [0.15, 0.2) is 0 Å². The first kappa shape index (κ1) is 14.4. The van der Waals surface area contributed by atoms with Crippen molar-refractivity contribution in [3.63, 3.8) is 0 Å². The van der Waals surface area contributed by atoms with Gasteiger partial charge in [0.2, 0.25) is 5.91 Å². The number of urea groups is 1. The summed E-state index contributed by atoms with van der Waals surface area (Å²) in [7, 11) is 0. The Labute approximate surface area is 106 Å². The molecule has 1 atom stereocenters. The Morgan fingerprint density at radius 3 is 2.56 bits per heavy atom. The minimum absolute atomic E-state index is 0.0408. The Kier molecular flexibility index (Phi) is 5.08. The Bertz CT molecular complexity index is 343. The van der Waals surface area contributed by atoms with Gasteiger partial charge in [0.05, 0.1) is 12.5 Å². The van der Waals surface area contributed by atoms with E-state index in [1.807, 2.05) is 0 Å². The number of carbonyl (C=O) groups is 3. The highest BCUT2D eigenvalue weighted by atomic mass is 16.4. The van der Waals surface area contributed by atoms with Crippen LogP contribution in [-0.2, 0) is 9.59 Å². The highest BCUT2D eigenvalue weighted by molar-refractivity contribution is 5.95. The Morgan fingerprint density at radius 2 is 2.06 bits per heavy atom. The van der Waals surface area contributed by atoms with E-state index in [1.165, 1.54) is 0 Å². The molecule has 0 saturated carbocycles. The minimum atomic E-state index is -0.838. The van der Waals surface area contributed by atoms with Crippen molar-refractivity contribution >= 4 is 17.9 Å². The van der Waals surface area contributed by atoms with Gasteiger partial charge in [-0.1, -0.05) is 0 Å². The molecule has 102 valence electrons. The van der Waals surface area contributed by atoms with E-state index in [0.29, 0.717) is 19.5 Å². The van der Waals surface area contributed by atoms with Crippen molar-refractivity contribution in [2.75, 3.05) is 19.6 Å². The zero-order chi connectivity index (χ0) is 13.7. The van der Waals surface area contributed by atoms with E-state index in [2.05, 4.69) is 10.6 Å². The highest BCUT2D eigenvalue weighted by Gasteiger charge is 2.29. The fourth-order valence-electron chi connectivity index (χ4n) is 1.85. The van der Waals surface area contributed by atoms with Crippen LogP contribution in [0.15, 0.2) is 0 Å². The lowest BCUT2D eigenvalue weighted by Crippen LogP contribution is -2.46. The number of imide groups is 1. The summed E-state index contributed by atoms with van der Waals surface area (Å²) in [5.74, 6) is -1.67. The average molecular weight is 257 g/mol. The molecule has 1 saturated heterocycles. The number of carbonyl (C=O) groups excluding carboxylic acids is 2. The molecule has 3 amide bonds. The molecule has 1 fully saturated rings. The van der Waals surface area contributed by atoms with Gasteiger partial charge in [0.25, 0.3) is 0 Å². The van der Waals surface area contributed by atoms with Crippen molar-refractivity contribution in [1.82, 2.24) is 15.5 Å². The summed E-state index contributed by atoms with van der Waals surface area (Å²) in [4.78, 5) is 35.2. The number of hydrogen-bond acceptors (Lipinski definition) is 4. The summed E-state index contributed by atoms with van der Waals surface area (Å²) in [6.07, 6.45) is 0.542. The molecule has 0 bridgehead atoms. The molecule has 3 N–H and O–H groups in total. The quantitative estimate of drug-likeness (QED) is 0.638. The number of nitrogens with one attached hydrogen (secondary N) is 2. The lowest BCUT2D eigenvalue weighted by molar-refractivity contribution is -0.141. The van der Waals surface area contributed by atoms with Gasteiger partial charge < -0.3 is 10.4 Å². The maximum atomic E-state index is 11.5. The van der Waals surface area contributed by atoms with Crippen LogP contribution in [0.2, 0.25) is 0 Å². The number of carboxylic acid groups (broad SMARTS) is 1. The van der Waals surface area contributed by atoms with Crippen LogP contribution in [0.25, 0.3) is 0 Å². The largest absolute Gasteiger partial charge is 0.481 e. The first-order valence-electron chi connectivity index (χ1n) is 5.94. The van der Waals surface area contributed by atoms with E-state index in [4.69, 9.17) is 5.11 Å². The summed E-state index contributed by atoms with van der Waals surface area (Å²) in [5.41, 5.74) is 0. The summed E-state index contributed by atoms with van der Waals surface area (Å²) in [5, 5.41) is 13.6. The second-order valence-corrected chi connectivity index (χ2v) is 4.74.